The number of nitrogens with zero attached hydrogens (tertiary/aromatic N) is 4. The van der Waals surface area contributed by atoms with E-state index in [0.717, 1.165) is 44.4 Å². The van der Waals surface area contributed by atoms with E-state index in [1.807, 2.05) is 30.3 Å². The van der Waals surface area contributed by atoms with Crippen LogP contribution in [0.5, 0.6) is 5.75 Å². The van der Waals surface area contributed by atoms with Crippen LogP contribution >= 0.6 is 0 Å². The van der Waals surface area contributed by atoms with E-state index >= 15 is 0 Å². The molecule has 2 rings (SSSR count). The van der Waals surface area contributed by atoms with Crippen molar-refractivity contribution in [3.05, 3.63) is 30.3 Å². The van der Waals surface area contributed by atoms with Crippen LogP contribution in [-0.4, -0.2) is 107 Å². The predicted molar refractivity (Wildman–Crippen MR) is 111 cm³/mol. The number of hydrogen-bond acceptors (Lipinski definition) is 5. The summed E-state index contributed by atoms with van der Waals surface area (Å²) in [7, 11) is 5.16. The molecule has 1 aliphatic heterocycles. The second-order valence-electron chi connectivity index (χ2n) is 6.84. The average molecular weight is 392 g/mol. The van der Waals surface area contributed by atoms with Crippen LogP contribution in [0.3, 0.4) is 0 Å². The molecule has 0 spiro atoms. The zero-order valence-corrected chi connectivity index (χ0v) is 17.3. The molecule has 156 valence electrons. The number of carbonyl (C=O) groups excluding carboxylic acids is 1. The summed E-state index contributed by atoms with van der Waals surface area (Å²) < 4.78 is 10.9. The van der Waals surface area contributed by atoms with Gasteiger partial charge in [0.05, 0.1) is 6.61 Å². The van der Waals surface area contributed by atoms with Gasteiger partial charge in [-0.15, -0.1) is 0 Å². The Kier molecular flexibility index (Phi) is 9.57. The van der Waals surface area contributed by atoms with Crippen molar-refractivity contribution in [2.45, 2.75) is 0 Å². The van der Waals surface area contributed by atoms with Gasteiger partial charge in [0.15, 0.2) is 5.96 Å². The number of piperazine rings is 1. The summed E-state index contributed by atoms with van der Waals surface area (Å²) in [6.07, 6.45) is 0. The Morgan fingerprint density at radius 3 is 2.50 bits per heavy atom. The summed E-state index contributed by atoms with van der Waals surface area (Å²) in [4.78, 5) is 22.5. The lowest BCUT2D eigenvalue weighted by atomic mass is 10.3. The first-order valence-corrected chi connectivity index (χ1v) is 9.72. The molecule has 1 saturated heterocycles. The van der Waals surface area contributed by atoms with Crippen LogP contribution < -0.4 is 10.1 Å². The van der Waals surface area contributed by atoms with E-state index in [4.69, 9.17) is 9.47 Å². The highest BCUT2D eigenvalue weighted by atomic mass is 16.5. The fourth-order valence-corrected chi connectivity index (χ4v) is 2.81. The summed E-state index contributed by atoms with van der Waals surface area (Å²) in [5.74, 6) is 1.67. The SMILES string of the molecule is COCCNC(=NCC(=O)N(C)C)N1CCN(CCOc2ccccc2)CC1. The fraction of sp³-hybridized carbons (Fsp3) is 0.600. The third-order valence-electron chi connectivity index (χ3n) is 4.54. The molecule has 1 amide bonds. The van der Waals surface area contributed by atoms with Crippen molar-refractivity contribution in [1.29, 1.82) is 0 Å². The monoisotopic (exact) mass is 391 g/mol. The van der Waals surface area contributed by atoms with E-state index in [0.29, 0.717) is 19.8 Å². The third kappa shape index (κ3) is 7.74. The van der Waals surface area contributed by atoms with Crippen LogP contribution in [-0.2, 0) is 9.53 Å². The van der Waals surface area contributed by atoms with Gasteiger partial charge in [0, 0.05) is 60.5 Å². The first-order chi connectivity index (χ1) is 13.6. The molecule has 1 aliphatic rings. The van der Waals surface area contributed by atoms with Gasteiger partial charge in [0.25, 0.3) is 0 Å². The number of hydrogen-bond donors (Lipinski definition) is 1. The van der Waals surface area contributed by atoms with E-state index in [1.165, 1.54) is 0 Å². The van der Waals surface area contributed by atoms with Gasteiger partial charge in [-0.05, 0) is 12.1 Å². The van der Waals surface area contributed by atoms with Crippen LogP contribution in [0.4, 0.5) is 0 Å². The standard InChI is InChI=1S/C20H33N5O3/c1-23(2)19(26)17-22-20(21-9-15-27-3)25-12-10-24(11-13-25)14-16-28-18-7-5-4-6-8-18/h4-8H,9-17H2,1-3H3,(H,21,22). The Balaban J connectivity index is 1.78. The molecule has 0 bridgehead atoms. The number of benzene rings is 1. The topological polar surface area (TPSA) is 69.6 Å². The Labute approximate surface area is 168 Å². The highest BCUT2D eigenvalue weighted by Gasteiger charge is 2.20. The molecule has 1 heterocycles. The Bertz CT molecular complexity index is 601. The van der Waals surface area contributed by atoms with Crippen molar-refractivity contribution in [1.82, 2.24) is 20.0 Å². The molecule has 0 radical (unpaired) electrons. The van der Waals surface area contributed by atoms with Crippen molar-refractivity contribution < 1.29 is 14.3 Å². The number of likely N-dealkylation sites (N-methyl/N-ethyl adjacent to an activating group) is 1. The molecule has 0 aromatic heterocycles. The lowest BCUT2D eigenvalue weighted by molar-refractivity contribution is -0.127. The molecular formula is C20H33N5O3. The summed E-state index contributed by atoms with van der Waals surface area (Å²) in [6.45, 7) is 6.57. The number of amides is 1. The number of rotatable bonds is 9. The van der Waals surface area contributed by atoms with Gasteiger partial charge < -0.3 is 24.6 Å². The second kappa shape index (κ2) is 12.2. The lowest BCUT2D eigenvalue weighted by Gasteiger charge is -2.36. The number of nitrogens with one attached hydrogen (secondary N) is 1. The number of aliphatic imine (C=N–C) groups is 1. The highest BCUT2D eigenvalue weighted by molar-refractivity contribution is 5.84. The molecule has 1 aromatic rings. The van der Waals surface area contributed by atoms with Gasteiger partial charge in [-0.1, -0.05) is 18.2 Å². The van der Waals surface area contributed by atoms with Crippen molar-refractivity contribution in [2.24, 2.45) is 4.99 Å². The smallest absolute Gasteiger partial charge is 0.243 e. The van der Waals surface area contributed by atoms with E-state index in [1.54, 1.807) is 26.1 Å². The molecule has 0 unspecified atom stereocenters. The van der Waals surface area contributed by atoms with Gasteiger partial charge in [-0.2, -0.15) is 0 Å². The molecule has 28 heavy (non-hydrogen) atoms. The van der Waals surface area contributed by atoms with Crippen molar-refractivity contribution in [2.75, 3.05) is 80.2 Å². The van der Waals surface area contributed by atoms with Crippen LogP contribution in [0.1, 0.15) is 0 Å². The van der Waals surface area contributed by atoms with Crippen LogP contribution in [0.25, 0.3) is 0 Å². The molecule has 1 N–H and O–H groups in total. The Morgan fingerprint density at radius 2 is 1.86 bits per heavy atom. The summed E-state index contributed by atoms with van der Waals surface area (Å²) in [5, 5.41) is 3.30. The van der Waals surface area contributed by atoms with Gasteiger partial charge in [0.1, 0.15) is 18.9 Å². The number of carbonyl (C=O) groups is 1. The van der Waals surface area contributed by atoms with Crippen LogP contribution in [0.15, 0.2) is 35.3 Å². The Hall–Kier alpha value is -2.32. The zero-order chi connectivity index (χ0) is 20.2. The van der Waals surface area contributed by atoms with Gasteiger partial charge in [-0.25, -0.2) is 4.99 Å². The molecule has 1 aromatic carbocycles. The molecule has 8 heteroatoms. The van der Waals surface area contributed by atoms with Gasteiger partial charge >= 0.3 is 0 Å². The maximum Gasteiger partial charge on any atom is 0.243 e. The summed E-state index contributed by atoms with van der Waals surface area (Å²) in [5.41, 5.74) is 0. The Morgan fingerprint density at radius 1 is 1.14 bits per heavy atom. The molecule has 0 atom stereocenters. The first kappa shape index (κ1) is 22.0. The number of guanidine groups is 1. The van der Waals surface area contributed by atoms with Crippen LogP contribution in [0.2, 0.25) is 0 Å². The molecule has 1 fully saturated rings. The van der Waals surface area contributed by atoms with Crippen molar-refractivity contribution >= 4 is 11.9 Å². The van der Waals surface area contributed by atoms with Gasteiger partial charge in [-0.3, -0.25) is 9.69 Å². The summed E-state index contributed by atoms with van der Waals surface area (Å²) in [6, 6.07) is 9.89. The second-order valence-corrected chi connectivity index (χ2v) is 6.84. The molecule has 8 nitrogen and oxygen atoms in total. The fourth-order valence-electron chi connectivity index (χ4n) is 2.81. The maximum atomic E-state index is 11.9. The predicted octanol–water partition coefficient (Wildman–Crippen LogP) is 0.363. The van der Waals surface area contributed by atoms with E-state index in [-0.39, 0.29) is 12.5 Å². The quantitative estimate of drug-likeness (QED) is 0.373. The van der Waals surface area contributed by atoms with E-state index < -0.39 is 0 Å². The lowest BCUT2D eigenvalue weighted by Crippen LogP contribution is -2.53. The minimum absolute atomic E-state index is 0.0114. The highest BCUT2D eigenvalue weighted by Crippen LogP contribution is 2.08. The minimum atomic E-state index is -0.0114. The largest absolute Gasteiger partial charge is 0.492 e. The maximum absolute atomic E-state index is 11.9. The number of methoxy groups -OCH3 is 1. The number of ether oxygens (including phenoxy) is 2. The zero-order valence-electron chi connectivity index (χ0n) is 17.3. The van der Waals surface area contributed by atoms with E-state index in [2.05, 4.69) is 20.1 Å². The number of para-hydroxylation sites is 1. The van der Waals surface area contributed by atoms with Crippen LogP contribution in [0, 0.1) is 0 Å². The third-order valence-corrected chi connectivity index (χ3v) is 4.54. The minimum Gasteiger partial charge on any atom is -0.492 e. The molecular weight excluding hydrogens is 358 g/mol. The molecule has 0 aliphatic carbocycles. The summed E-state index contributed by atoms with van der Waals surface area (Å²) >= 11 is 0. The van der Waals surface area contributed by atoms with Crippen molar-refractivity contribution in [3.8, 4) is 5.75 Å². The molecule has 0 saturated carbocycles. The van der Waals surface area contributed by atoms with Crippen molar-refractivity contribution in [3.63, 3.8) is 0 Å². The average Bonchev–Trinajstić information content (AvgIpc) is 2.71. The first-order valence-electron chi connectivity index (χ1n) is 9.72. The van der Waals surface area contributed by atoms with Gasteiger partial charge in [0.2, 0.25) is 5.91 Å². The van der Waals surface area contributed by atoms with E-state index in [9.17, 15) is 4.79 Å². The normalized spacial score (nSPS) is 15.4.